The molecule has 4 nitrogen and oxygen atoms in total. The molecule has 0 unspecified atom stereocenters. The van der Waals surface area contributed by atoms with E-state index in [0.29, 0.717) is 0 Å². The van der Waals surface area contributed by atoms with Gasteiger partial charge in [-0.2, -0.15) is 0 Å². The number of carbonyl (C=O) groups excluding carboxylic acids is 1. The molecule has 0 radical (unpaired) electrons. The Bertz CT molecular complexity index is 916. The molecule has 0 aliphatic carbocycles. The van der Waals surface area contributed by atoms with Crippen molar-refractivity contribution < 1.29 is 9.18 Å². The molecule has 3 aromatic rings. The summed E-state index contributed by atoms with van der Waals surface area (Å²) in [7, 11) is 0. The molecule has 1 atom stereocenters. The summed E-state index contributed by atoms with van der Waals surface area (Å²) in [5.74, 6) is 0.770. The molecule has 25 heavy (non-hydrogen) atoms. The molecule has 0 bridgehead atoms. The Morgan fingerprint density at radius 2 is 2.28 bits per heavy atom. The molecule has 6 heteroatoms. The van der Waals surface area contributed by atoms with E-state index < -0.39 is 0 Å². The maximum absolute atomic E-state index is 13.4. The van der Waals surface area contributed by atoms with E-state index in [9.17, 15) is 9.18 Å². The second-order valence-corrected chi connectivity index (χ2v) is 7.55. The minimum atomic E-state index is -0.252. The number of Topliss-reactive ketones (excluding diaryl/α,β-unsaturated/α-hetero) is 1. The maximum atomic E-state index is 13.4. The lowest BCUT2D eigenvalue weighted by Crippen LogP contribution is -2.33. The van der Waals surface area contributed by atoms with Gasteiger partial charge in [0.2, 0.25) is 0 Å². The zero-order valence-electron chi connectivity index (χ0n) is 14.1. The molecule has 0 amide bonds. The van der Waals surface area contributed by atoms with Crippen LogP contribution in [-0.4, -0.2) is 27.2 Å². The fourth-order valence-electron chi connectivity index (χ4n) is 3.53. The maximum Gasteiger partial charge on any atom is 0.169 e. The Balaban J connectivity index is 1.59. The lowest BCUT2D eigenvalue weighted by atomic mass is 10.0. The normalized spacial score (nSPS) is 18.7. The number of benzene rings is 1. The number of aromatic nitrogens is 2. The number of ketones is 1. The van der Waals surface area contributed by atoms with Crippen molar-refractivity contribution in [3.05, 3.63) is 51.7 Å². The van der Waals surface area contributed by atoms with Gasteiger partial charge in [-0.3, -0.25) is 9.69 Å². The number of rotatable bonds is 4. The van der Waals surface area contributed by atoms with Gasteiger partial charge in [-0.15, -0.1) is 11.3 Å². The third-order valence-corrected chi connectivity index (χ3v) is 5.86. The van der Waals surface area contributed by atoms with Crippen molar-refractivity contribution in [2.45, 2.75) is 38.8 Å². The summed E-state index contributed by atoms with van der Waals surface area (Å²) in [5, 5.41) is 2.07. The van der Waals surface area contributed by atoms with Crippen molar-refractivity contribution >= 4 is 28.2 Å². The molecule has 4 rings (SSSR count). The van der Waals surface area contributed by atoms with Crippen molar-refractivity contribution in [1.29, 1.82) is 0 Å². The first-order valence-corrected chi connectivity index (χ1v) is 9.45. The number of aromatic amines is 1. The minimum absolute atomic E-state index is 0.116. The van der Waals surface area contributed by atoms with Gasteiger partial charge in [0.15, 0.2) is 5.78 Å². The first-order valence-electron chi connectivity index (χ1n) is 8.58. The number of H-pyrrole nitrogens is 1. The second kappa shape index (κ2) is 6.69. The van der Waals surface area contributed by atoms with Crippen LogP contribution in [0.5, 0.6) is 0 Å². The van der Waals surface area contributed by atoms with Gasteiger partial charge >= 0.3 is 0 Å². The third kappa shape index (κ3) is 3.37. The number of halogens is 1. The SMILES string of the molecule is CC(=O)c1cc(CN2CCCC[C@H]2c2nc3ccc(F)cc3[nH]2)cs1. The molecule has 1 aromatic carbocycles. The van der Waals surface area contributed by atoms with Gasteiger partial charge < -0.3 is 4.98 Å². The van der Waals surface area contributed by atoms with Crippen molar-refractivity contribution in [2.24, 2.45) is 0 Å². The molecule has 130 valence electrons. The Morgan fingerprint density at radius 3 is 3.08 bits per heavy atom. The molecule has 1 fully saturated rings. The lowest BCUT2D eigenvalue weighted by molar-refractivity contribution is 0.102. The van der Waals surface area contributed by atoms with Crippen LogP contribution in [0.1, 0.15) is 53.3 Å². The van der Waals surface area contributed by atoms with Crippen LogP contribution >= 0.6 is 11.3 Å². The van der Waals surface area contributed by atoms with Gasteiger partial charge in [0.25, 0.3) is 0 Å². The van der Waals surface area contributed by atoms with Gasteiger partial charge in [-0.05, 0) is 61.5 Å². The van der Waals surface area contributed by atoms with Crippen LogP contribution < -0.4 is 0 Å². The summed E-state index contributed by atoms with van der Waals surface area (Å²) < 4.78 is 13.4. The van der Waals surface area contributed by atoms with E-state index in [1.807, 2.05) is 6.07 Å². The smallest absolute Gasteiger partial charge is 0.169 e. The number of piperidine rings is 1. The highest BCUT2D eigenvalue weighted by Crippen LogP contribution is 2.32. The van der Waals surface area contributed by atoms with Gasteiger partial charge in [-0.1, -0.05) is 6.42 Å². The molecule has 1 aliphatic heterocycles. The van der Waals surface area contributed by atoms with E-state index in [0.717, 1.165) is 54.1 Å². The van der Waals surface area contributed by atoms with Crippen LogP contribution in [0.3, 0.4) is 0 Å². The molecule has 0 saturated carbocycles. The topological polar surface area (TPSA) is 49.0 Å². The number of imidazole rings is 1. The molecule has 2 aromatic heterocycles. The molecule has 0 spiro atoms. The number of carbonyl (C=O) groups is 1. The van der Waals surface area contributed by atoms with E-state index in [-0.39, 0.29) is 17.6 Å². The summed E-state index contributed by atoms with van der Waals surface area (Å²) in [4.78, 5) is 22.7. The molecular weight excluding hydrogens is 337 g/mol. The van der Waals surface area contributed by atoms with E-state index >= 15 is 0 Å². The van der Waals surface area contributed by atoms with Crippen LogP contribution in [-0.2, 0) is 6.54 Å². The number of thiophene rings is 1. The van der Waals surface area contributed by atoms with Crippen molar-refractivity contribution in [2.75, 3.05) is 6.54 Å². The number of likely N-dealkylation sites (tertiary alicyclic amines) is 1. The van der Waals surface area contributed by atoms with Gasteiger partial charge in [0, 0.05) is 6.54 Å². The highest BCUT2D eigenvalue weighted by molar-refractivity contribution is 7.12. The highest BCUT2D eigenvalue weighted by Gasteiger charge is 2.27. The van der Waals surface area contributed by atoms with Gasteiger partial charge in [0.05, 0.1) is 22.0 Å². The Labute approximate surface area is 149 Å². The average molecular weight is 357 g/mol. The van der Waals surface area contributed by atoms with E-state index in [4.69, 9.17) is 0 Å². The van der Waals surface area contributed by atoms with Gasteiger partial charge in [-0.25, -0.2) is 9.37 Å². The molecule has 1 saturated heterocycles. The minimum Gasteiger partial charge on any atom is -0.341 e. The average Bonchev–Trinajstić information content (AvgIpc) is 3.22. The number of fused-ring (bicyclic) bond motifs is 1. The Hall–Kier alpha value is -2.05. The van der Waals surface area contributed by atoms with E-state index in [2.05, 4.69) is 20.2 Å². The zero-order valence-corrected chi connectivity index (χ0v) is 14.9. The highest BCUT2D eigenvalue weighted by atomic mass is 32.1. The fraction of sp³-hybridized carbons (Fsp3) is 0.368. The van der Waals surface area contributed by atoms with E-state index in [1.54, 1.807) is 13.0 Å². The second-order valence-electron chi connectivity index (χ2n) is 6.64. The number of hydrogen-bond donors (Lipinski definition) is 1. The summed E-state index contributed by atoms with van der Waals surface area (Å²) in [5.41, 5.74) is 2.72. The summed E-state index contributed by atoms with van der Waals surface area (Å²) >= 11 is 1.51. The molecular formula is C19H20FN3OS. The predicted molar refractivity (Wildman–Crippen MR) is 97.4 cm³/mol. The summed E-state index contributed by atoms with van der Waals surface area (Å²) in [6, 6.07) is 6.85. The quantitative estimate of drug-likeness (QED) is 0.689. The summed E-state index contributed by atoms with van der Waals surface area (Å²) in [6.45, 7) is 3.41. The molecule has 1 aliphatic rings. The van der Waals surface area contributed by atoms with E-state index in [1.165, 1.54) is 29.0 Å². The van der Waals surface area contributed by atoms with Crippen LogP contribution in [0, 0.1) is 5.82 Å². The first-order chi connectivity index (χ1) is 12.1. The lowest BCUT2D eigenvalue weighted by Gasteiger charge is -2.34. The van der Waals surface area contributed by atoms with Crippen LogP contribution in [0.15, 0.2) is 29.6 Å². The fourth-order valence-corrected chi connectivity index (χ4v) is 4.33. The van der Waals surface area contributed by atoms with Gasteiger partial charge in [0.1, 0.15) is 11.6 Å². The van der Waals surface area contributed by atoms with Crippen molar-refractivity contribution in [3.8, 4) is 0 Å². The Kier molecular flexibility index (Phi) is 4.39. The monoisotopic (exact) mass is 357 g/mol. The predicted octanol–water partition coefficient (Wildman–Crippen LogP) is 4.69. The van der Waals surface area contributed by atoms with Crippen LogP contribution in [0.2, 0.25) is 0 Å². The number of nitrogens with one attached hydrogen (secondary N) is 1. The molecule has 1 N–H and O–H groups in total. The van der Waals surface area contributed by atoms with Crippen LogP contribution in [0.25, 0.3) is 11.0 Å². The zero-order chi connectivity index (χ0) is 17.4. The largest absolute Gasteiger partial charge is 0.341 e. The number of hydrogen-bond acceptors (Lipinski definition) is 4. The van der Waals surface area contributed by atoms with Crippen LogP contribution in [0.4, 0.5) is 4.39 Å². The third-order valence-electron chi connectivity index (χ3n) is 4.78. The Morgan fingerprint density at radius 1 is 1.40 bits per heavy atom. The van der Waals surface area contributed by atoms with Crippen molar-refractivity contribution in [3.63, 3.8) is 0 Å². The summed E-state index contributed by atoms with van der Waals surface area (Å²) in [6.07, 6.45) is 3.36. The number of nitrogens with zero attached hydrogens (tertiary/aromatic N) is 2. The van der Waals surface area contributed by atoms with Crippen molar-refractivity contribution in [1.82, 2.24) is 14.9 Å². The standard InChI is InChI=1S/C19H20FN3OS/c1-12(24)18-8-13(11-25-18)10-23-7-3-2-4-17(23)19-21-15-6-5-14(20)9-16(15)22-19/h5-6,8-9,11,17H,2-4,7,10H2,1H3,(H,21,22)/t17-/m0/s1. The molecule has 3 heterocycles. The first kappa shape index (κ1) is 16.4.